The van der Waals surface area contributed by atoms with E-state index in [1.54, 1.807) is 11.1 Å². The summed E-state index contributed by atoms with van der Waals surface area (Å²) in [6, 6.07) is 2.67. The van der Waals surface area contributed by atoms with Gasteiger partial charge in [-0.1, -0.05) is 0 Å². The Morgan fingerprint density at radius 1 is 1.45 bits per heavy atom. The third kappa shape index (κ3) is 2.93. The van der Waals surface area contributed by atoms with Gasteiger partial charge in [0.25, 0.3) is 0 Å². The van der Waals surface area contributed by atoms with E-state index >= 15 is 0 Å². The van der Waals surface area contributed by atoms with E-state index in [1.807, 2.05) is 17.8 Å². The Hall–Kier alpha value is -2.44. The summed E-state index contributed by atoms with van der Waals surface area (Å²) >= 11 is 0. The van der Waals surface area contributed by atoms with E-state index in [9.17, 15) is 9.18 Å². The molecule has 3 rings (SSSR count). The fourth-order valence-corrected chi connectivity index (χ4v) is 2.75. The number of carbonyl (C=O) groups is 1. The number of halogens is 1. The molecule has 7 heteroatoms. The Morgan fingerprint density at radius 3 is 3.05 bits per heavy atom. The molecule has 0 bridgehead atoms. The highest BCUT2D eigenvalue weighted by atomic mass is 19.1. The number of hydrogen-bond donors (Lipinski definition) is 1. The van der Waals surface area contributed by atoms with Crippen LogP contribution >= 0.6 is 0 Å². The quantitative estimate of drug-likeness (QED) is 0.938. The summed E-state index contributed by atoms with van der Waals surface area (Å²) in [6.07, 6.45) is 6.07. The Labute approximate surface area is 128 Å². The molecule has 1 saturated heterocycles. The summed E-state index contributed by atoms with van der Waals surface area (Å²) in [4.78, 5) is 22.2. The van der Waals surface area contributed by atoms with Crippen molar-refractivity contribution in [2.45, 2.75) is 18.9 Å². The SMILES string of the molecule is Cn1ccnc1C1CCN(C(=O)NCc2ncccc2F)C1. The minimum Gasteiger partial charge on any atom is -0.338 e. The number of aryl methyl sites for hydroxylation is 1. The van der Waals surface area contributed by atoms with Gasteiger partial charge < -0.3 is 14.8 Å². The number of carbonyl (C=O) groups excluding carboxylic acids is 1. The first kappa shape index (κ1) is 14.5. The van der Waals surface area contributed by atoms with Crippen molar-refractivity contribution in [2.24, 2.45) is 7.05 Å². The number of rotatable bonds is 3. The lowest BCUT2D eigenvalue weighted by Gasteiger charge is -2.17. The van der Waals surface area contributed by atoms with Crippen molar-refractivity contribution >= 4 is 6.03 Å². The topological polar surface area (TPSA) is 63.1 Å². The molecule has 22 heavy (non-hydrogen) atoms. The fourth-order valence-electron chi connectivity index (χ4n) is 2.75. The van der Waals surface area contributed by atoms with Crippen molar-refractivity contribution < 1.29 is 9.18 Å². The second-order valence-electron chi connectivity index (χ2n) is 5.42. The van der Waals surface area contributed by atoms with Crippen molar-refractivity contribution in [1.29, 1.82) is 0 Å². The molecule has 1 aliphatic heterocycles. The van der Waals surface area contributed by atoms with E-state index in [2.05, 4.69) is 15.3 Å². The molecule has 0 radical (unpaired) electrons. The number of imidazole rings is 1. The van der Waals surface area contributed by atoms with Crippen molar-refractivity contribution in [3.63, 3.8) is 0 Å². The second-order valence-corrected chi connectivity index (χ2v) is 5.42. The summed E-state index contributed by atoms with van der Waals surface area (Å²) in [7, 11) is 1.95. The predicted octanol–water partition coefficient (Wildman–Crippen LogP) is 1.65. The van der Waals surface area contributed by atoms with Crippen LogP contribution in [0.15, 0.2) is 30.7 Å². The highest BCUT2D eigenvalue weighted by molar-refractivity contribution is 5.74. The van der Waals surface area contributed by atoms with Gasteiger partial charge in [0.1, 0.15) is 11.6 Å². The van der Waals surface area contributed by atoms with Crippen LogP contribution in [0.4, 0.5) is 9.18 Å². The third-order valence-electron chi connectivity index (χ3n) is 3.94. The Balaban J connectivity index is 1.56. The monoisotopic (exact) mass is 303 g/mol. The van der Waals surface area contributed by atoms with Gasteiger partial charge in [-0.3, -0.25) is 4.98 Å². The Morgan fingerprint density at radius 2 is 2.32 bits per heavy atom. The summed E-state index contributed by atoms with van der Waals surface area (Å²) in [5.74, 6) is 0.832. The van der Waals surface area contributed by atoms with E-state index in [-0.39, 0.29) is 24.2 Å². The Kier molecular flexibility index (Phi) is 4.04. The third-order valence-corrected chi connectivity index (χ3v) is 3.94. The van der Waals surface area contributed by atoms with Gasteiger partial charge in [0.15, 0.2) is 0 Å². The molecule has 1 unspecified atom stereocenters. The molecule has 0 saturated carbocycles. The van der Waals surface area contributed by atoms with Gasteiger partial charge >= 0.3 is 6.03 Å². The smallest absolute Gasteiger partial charge is 0.317 e. The summed E-state index contributed by atoms with van der Waals surface area (Å²) in [5, 5.41) is 2.72. The summed E-state index contributed by atoms with van der Waals surface area (Å²) < 4.78 is 15.5. The first-order chi connectivity index (χ1) is 10.6. The lowest BCUT2D eigenvalue weighted by atomic mass is 10.1. The first-order valence-corrected chi connectivity index (χ1v) is 7.24. The first-order valence-electron chi connectivity index (χ1n) is 7.24. The number of aromatic nitrogens is 3. The van der Waals surface area contributed by atoms with Crippen molar-refractivity contribution in [2.75, 3.05) is 13.1 Å². The number of hydrogen-bond acceptors (Lipinski definition) is 3. The van der Waals surface area contributed by atoms with Crippen LogP contribution in [0.25, 0.3) is 0 Å². The van der Waals surface area contributed by atoms with E-state index < -0.39 is 5.82 Å². The van der Waals surface area contributed by atoms with Gasteiger partial charge in [-0.05, 0) is 18.6 Å². The molecular weight excluding hydrogens is 285 g/mol. The number of likely N-dealkylation sites (tertiary alicyclic amines) is 1. The maximum Gasteiger partial charge on any atom is 0.317 e. The molecule has 3 heterocycles. The van der Waals surface area contributed by atoms with Crippen LogP contribution in [0.5, 0.6) is 0 Å². The standard InChI is InChI=1S/C15H18FN5O/c1-20-8-6-18-14(20)11-4-7-21(10-11)15(22)19-9-13-12(16)3-2-5-17-13/h2-3,5-6,8,11H,4,7,9-10H2,1H3,(H,19,22). The zero-order chi connectivity index (χ0) is 15.5. The van der Waals surface area contributed by atoms with E-state index in [0.717, 1.165) is 12.2 Å². The summed E-state index contributed by atoms with van der Waals surface area (Å²) in [5.41, 5.74) is 0.246. The average Bonchev–Trinajstić information content (AvgIpc) is 3.14. The van der Waals surface area contributed by atoms with Gasteiger partial charge in [-0.25, -0.2) is 14.2 Å². The zero-order valence-corrected chi connectivity index (χ0v) is 12.4. The molecule has 2 amide bonds. The number of amides is 2. The number of nitrogens with zero attached hydrogens (tertiary/aromatic N) is 4. The molecule has 6 nitrogen and oxygen atoms in total. The van der Waals surface area contributed by atoms with Crippen LogP contribution in [0.3, 0.4) is 0 Å². The lowest BCUT2D eigenvalue weighted by Crippen LogP contribution is -2.38. The Bertz CT molecular complexity index is 671. The van der Waals surface area contributed by atoms with E-state index in [0.29, 0.717) is 13.1 Å². The second kappa shape index (κ2) is 6.13. The van der Waals surface area contributed by atoms with E-state index in [4.69, 9.17) is 0 Å². The molecule has 1 aliphatic rings. The largest absolute Gasteiger partial charge is 0.338 e. The highest BCUT2D eigenvalue weighted by Gasteiger charge is 2.29. The van der Waals surface area contributed by atoms with Gasteiger partial charge in [-0.2, -0.15) is 0 Å². The summed E-state index contributed by atoms with van der Waals surface area (Å²) in [6.45, 7) is 1.39. The number of pyridine rings is 1. The maximum atomic E-state index is 13.5. The molecule has 1 N–H and O–H groups in total. The highest BCUT2D eigenvalue weighted by Crippen LogP contribution is 2.25. The normalized spacial score (nSPS) is 17.7. The van der Waals surface area contributed by atoms with Gasteiger partial charge in [-0.15, -0.1) is 0 Å². The van der Waals surface area contributed by atoms with Crippen LogP contribution in [-0.4, -0.2) is 38.6 Å². The lowest BCUT2D eigenvalue weighted by molar-refractivity contribution is 0.207. The molecular formula is C15H18FN5O. The fraction of sp³-hybridized carbons (Fsp3) is 0.400. The van der Waals surface area contributed by atoms with E-state index in [1.165, 1.54) is 18.3 Å². The van der Waals surface area contributed by atoms with Crippen molar-refractivity contribution in [3.8, 4) is 0 Å². The molecule has 0 spiro atoms. The van der Waals surface area contributed by atoms with Crippen LogP contribution in [0.2, 0.25) is 0 Å². The minimum atomic E-state index is -0.407. The minimum absolute atomic E-state index is 0.0923. The van der Waals surface area contributed by atoms with Gasteiger partial charge in [0.2, 0.25) is 0 Å². The van der Waals surface area contributed by atoms with Gasteiger partial charge in [0.05, 0.1) is 12.2 Å². The maximum absolute atomic E-state index is 13.5. The average molecular weight is 303 g/mol. The molecule has 1 fully saturated rings. The van der Waals surface area contributed by atoms with Gasteiger partial charge in [0, 0.05) is 44.6 Å². The van der Waals surface area contributed by atoms with Crippen LogP contribution < -0.4 is 5.32 Å². The molecule has 116 valence electrons. The molecule has 2 aromatic rings. The van der Waals surface area contributed by atoms with Crippen LogP contribution in [-0.2, 0) is 13.6 Å². The number of urea groups is 1. The predicted molar refractivity (Wildman–Crippen MR) is 78.6 cm³/mol. The van der Waals surface area contributed by atoms with Crippen molar-refractivity contribution in [3.05, 3.63) is 48.1 Å². The molecule has 0 aromatic carbocycles. The molecule has 1 atom stereocenters. The molecule has 2 aromatic heterocycles. The van der Waals surface area contributed by atoms with Crippen molar-refractivity contribution in [1.82, 2.24) is 24.8 Å². The van der Waals surface area contributed by atoms with Crippen LogP contribution in [0.1, 0.15) is 23.9 Å². The molecule has 0 aliphatic carbocycles. The number of nitrogens with one attached hydrogen (secondary N) is 1. The zero-order valence-electron chi connectivity index (χ0n) is 12.4. The van der Waals surface area contributed by atoms with Crippen LogP contribution in [0, 0.1) is 5.82 Å².